The second-order valence-electron chi connectivity index (χ2n) is 5.15. The molecule has 25 heavy (non-hydrogen) atoms. The van der Waals surface area contributed by atoms with E-state index >= 15 is 0 Å². The summed E-state index contributed by atoms with van der Waals surface area (Å²) in [4.78, 5) is 30.9. The number of anilines is 1. The van der Waals surface area contributed by atoms with Crippen molar-refractivity contribution in [1.29, 1.82) is 0 Å². The molecule has 0 aliphatic rings. The first-order valence-corrected chi connectivity index (χ1v) is 8.81. The van der Waals surface area contributed by atoms with E-state index in [-0.39, 0.29) is 17.2 Å². The number of H-pyrrole nitrogens is 1. The van der Waals surface area contributed by atoms with Crippen molar-refractivity contribution in [2.24, 2.45) is 0 Å². The van der Waals surface area contributed by atoms with E-state index in [1.54, 1.807) is 24.3 Å². The molecule has 2 N–H and O–H groups in total. The molecule has 0 unspecified atom stereocenters. The first kappa shape index (κ1) is 17.3. The topological polar surface area (TPSA) is 74.8 Å². The summed E-state index contributed by atoms with van der Waals surface area (Å²) in [6.07, 6.45) is 0. The van der Waals surface area contributed by atoms with E-state index in [1.165, 1.54) is 6.07 Å². The molecule has 126 valence electrons. The van der Waals surface area contributed by atoms with Gasteiger partial charge in [-0.1, -0.05) is 59.8 Å². The summed E-state index contributed by atoms with van der Waals surface area (Å²) in [5, 5.41) is 3.69. The highest BCUT2D eigenvalue weighted by atomic mass is 35.5. The highest BCUT2D eigenvalue weighted by Crippen LogP contribution is 2.19. The van der Waals surface area contributed by atoms with E-state index in [4.69, 9.17) is 11.6 Å². The highest BCUT2D eigenvalue weighted by molar-refractivity contribution is 7.99. The molecule has 0 atom stereocenters. The number of aromatic nitrogens is 2. The maximum atomic E-state index is 12.0. The summed E-state index contributed by atoms with van der Waals surface area (Å²) in [6, 6.07) is 17.8. The maximum absolute atomic E-state index is 12.0. The third-order valence-corrected chi connectivity index (χ3v) is 4.35. The van der Waals surface area contributed by atoms with Crippen molar-refractivity contribution in [3.8, 4) is 11.3 Å². The van der Waals surface area contributed by atoms with Crippen LogP contribution in [0.25, 0.3) is 11.3 Å². The summed E-state index contributed by atoms with van der Waals surface area (Å²) in [5.74, 6) is -0.0896. The Balaban J connectivity index is 1.68. The number of nitrogens with zero attached hydrogens (tertiary/aromatic N) is 1. The molecule has 1 amide bonds. The monoisotopic (exact) mass is 371 g/mol. The SMILES string of the molecule is O=C(CSc1nc(-c2ccccc2)cc(=O)[nH]1)Nc1cccc(Cl)c1. The Morgan fingerprint density at radius 1 is 1.12 bits per heavy atom. The molecule has 5 nitrogen and oxygen atoms in total. The van der Waals surface area contributed by atoms with Crippen LogP contribution in [0.4, 0.5) is 5.69 Å². The second kappa shape index (κ2) is 8.00. The van der Waals surface area contributed by atoms with Gasteiger partial charge in [-0.15, -0.1) is 0 Å². The lowest BCUT2D eigenvalue weighted by molar-refractivity contribution is -0.113. The first-order valence-electron chi connectivity index (χ1n) is 7.45. The molecule has 0 radical (unpaired) electrons. The Hall–Kier alpha value is -2.57. The Morgan fingerprint density at radius 3 is 2.68 bits per heavy atom. The van der Waals surface area contributed by atoms with E-state index in [9.17, 15) is 9.59 Å². The van der Waals surface area contributed by atoms with Crippen molar-refractivity contribution < 1.29 is 4.79 Å². The van der Waals surface area contributed by atoms with Crippen LogP contribution in [0, 0.1) is 0 Å². The molecule has 1 aromatic heterocycles. The fourth-order valence-corrected chi connectivity index (χ4v) is 3.02. The third kappa shape index (κ3) is 4.95. The number of hydrogen-bond acceptors (Lipinski definition) is 4. The number of amides is 1. The van der Waals surface area contributed by atoms with Gasteiger partial charge in [0.25, 0.3) is 5.56 Å². The molecule has 2 aromatic carbocycles. The summed E-state index contributed by atoms with van der Waals surface area (Å²) >= 11 is 7.05. The standard InChI is InChI=1S/C18H14ClN3O2S/c19-13-7-4-8-14(9-13)20-17(24)11-25-18-21-15(10-16(23)22-18)12-5-2-1-3-6-12/h1-10H,11H2,(H,20,24)(H,21,22,23). The molecule has 0 spiro atoms. The average molecular weight is 372 g/mol. The molecular weight excluding hydrogens is 358 g/mol. The zero-order valence-electron chi connectivity index (χ0n) is 13.0. The molecule has 0 aliphatic heterocycles. The van der Waals surface area contributed by atoms with Gasteiger partial charge in [0.05, 0.1) is 11.4 Å². The molecule has 3 rings (SSSR count). The number of rotatable bonds is 5. The van der Waals surface area contributed by atoms with E-state index in [1.807, 2.05) is 30.3 Å². The minimum atomic E-state index is -0.258. The lowest BCUT2D eigenvalue weighted by atomic mass is 10.1. The average Bonchev–Trinajstić information content (AvgIpc) is 2.60. The Kier molecular flexibility index (Phi) is 5.53. The van der Waals surface area contributed by atoms with Gasteiger partial charge in [-0.2, -0.15) is 0 Å². The van der Waals surface area contributed by atoms with Gasteiger partial charge in [0.1, 0.15) is 0 Å². The number of nitrogens with one attached hydrogen (secondary N) is 2. The van der Waals surface area contributed by atoms with Crippen molar-refractivity contribution in [3.05, 3.63) is 76.0 Å². The number of halogens is 1. The van der Waals surface area contributed by atoms with Crippen LogP contribution >= 0.6 is 23.4 Å². The predicted molar refractivity (Wildman–Crippen MR) is 101 cm³/mol. The molecule has 0 aliphatic carbocycles. The van der Waals surface area contributed by atoms with Gasteiger partial charge in [0.15, 0.2) is 5.16 Å². The predicted octanol–water partition coefficient (Wildman–Crippen LogP) is 3.82. The molecule has 0 saturated carbocycles. The van der Waals surface area contributed by atoms with Crippen molar-refractivity contribution in [3.63, 3.8) is 0 Å². The van der Waals surface area contributed by atoms with Crippen molar-refractivity contribution >= 4 is 35.0 Å². The van der Waals surface area contributed by atoms with Gasteiger partial charge < -0.3 is 10.3 Å². The molecular formula is C18H14ClN3O2S. The summed E-state index contributed by atoms with van der Waals surface area (Å²) < 4.78 is 0. The van der Waals surface area contributed by atoms with Gasteiger partial charge in [-0.25, -0.2) is 4.98 Å². The van der Waals surface area contributed by atoms with E-state index in [0.29, 0.717) is 21.6 Å². The Labute approximate surface area is 153 Å². The first-order chi connectivity index (χ1) is 12.1. The number of carbonyl (C=O) groups excluding carboxylic acids is 1. The number of carbonyl (C=O) groups is 1. The van der Waals surface area contributed by atoms with Crippen LogP contribution in [0.1, 0.15) is 0 Å². The fourth-order valence-electron chi connectivity index (χ4n) is 2.16. The fraction of sp³-hybridized carbons (Fsp3) is 0.0556. The second-order valence-corrected chi connectivity index (χ2v) is 6.55. The van der Waals surface area contributed by atoms with Crippen molar-refractivity contribution in [1.82, 2.24) is 9.97 Å². The molecule has 7 heteroatoms. The zero-order chi connectivity index (χ0) is 17.6. The van der Waals surface area contributed by atoms with Gasteiger partial charge in [0, 0.05) is 22.3 Å². The van der Waals surface area contributed by atoms with Crippen LogP contribution in [-0.4, -0.2) is 21.6 Å². The van der Waals surface area contributed by atoms with Gasteiger partial charge in [-0.3, -0.25) is 9.59 Å². The quantitative estimate of drug-likeness (QED) is 0.528. The molecule has 0 fully saturated rings. The normalized spacial score (nSPS) is 10.4. The van der Waals surface area contributed by atoms with E-state index < -0.39 is 0 Å². The minimum absolute atomic E-state index is 0.119. The van der Waals surface area contributed by atoms with Crippen LogP contribution in [-0.2, 0) is 4.79 Å². The number of thioether (sulfide) groups is 1. The van der Waals surface area contributed by atoms with E-state index in [2.05, 4.69) is 15.3 Å². The number of hydrogen-bond donors (Lipinski definition) is 2. The smallest absolute Gasteiger partial charge is 0.252 e. The number of aromatic amines is 1. The molecule has 3 aromatic rings. The van der Waals surface area contributed by atoms with Gasteiger partial charge >= 0.3 is 0 Å². The number of benzene rings is 2. The van der Waals surface area contributed by atoms with Crippen molar-refractivity contribution in [2.75, 3.05) is 11.1 Å². The highest BCUT2D eigenvalue weighted by Gasteiger charge is 2.08. The van der Waals surface area contributed by atoms with Crippen LogP contribution in [0.3, 0.4) is 0 Å². The third-order valence-electron chi connectivity index (χ3n) is 3.24. The Bertz CT molecular complexity index is 944. The lowest BCUT2D eigenvalue weighted by Crippen LogP contribution is -2.15. The largest absolute Gasteiger partial charge is 0.325 e. The van der Waals surface area contributed by atoms with Crippen LogP contribution < -0.4 is 10.9 Å². The molecule has 1 heterocycles. The minimum Gasteiger partial charge on any atom is -0.325 e. The maximum Gasteiger partial charge on any atom is 0.252 e. The van der Waals surface area contributed by atoms with Gasteiger partial charge in [-0.05, 0) is 18.2 Å². The Morgan fingerprint density at radius 2 is 1.92 bits per heavy atom. The molecule has 0 bridgehead atoms. The zero-order valence-corrected chi connectivity index (χ0v) is 14.6. The van der Waals surface area contributed by atoms with Crippen LogP contribution in [0.15, 0.2) is 70.6 Å². The van der Waals surface area contributed by atoms with Gasteiger partial charge in [0.2, 0.25) is 5.91 Å². The van der Waals surface area contributed by atoms with Crippen molar-refractivity contribution in [2.45, 2.75) is 5.16 Å². The lowest BCUT2D eigenvalue weighted by Gasteiger charge is -2.06. The molecule has 0 saturated heterocycles. The van der Waals surface area contributed by atoms with E-state index in [0.717, 1.165) is 17.3 Å². The summed E-state index contributed by atoms with van der Waals surface area (Å²) in [7, 11) is 0. The van der Waals surface area contributed by atoms with Crippen LogP contribution in [0.2, 0.25) is 5.02 Å². The summed E-state index contributed by atoms with van der Waals surface area (Å²) in [5.41, 5.74) is 1.78. The summed E-state index contributed by atoms with van der Waals surface area (Å²) in [6.45, 7) is 0. The van der Waals surface area contributed by atoms with Crippen LogP contribution in [0.5, 0.6) is 0 Å².